The number of benzene rings is 2. The second-order valence-electron chi connectivity index (χ2n) is 7.36. The van der Waals surface area contributed by atoms with Gasteiger partial charge in [0.25, 0.3) is 0 Å². The highest BCUT2D eigenvalue weighted by atomic mass is 35.5. The lowest BCUT2D eigenvalue weighted by Crippen LogP contribution is -2.46. The number of hydrogen-bond acceptors (Lipinski definition) is 4. The van der Waals surface area contributed by atoms with Crippen molar-refractivity contribution in [2.45, 2.75) is 32.4 Å². The summed E-state index contributed by atoms with van der Waals surface area (Å²) in [5, 5.41) is 3.06. The fourth-order valence-corrected chi connectivity index (χ4v) is 4.41. The second-order valence-corrected chi connectivity index (χ2v) is 9.70. The molecule has 2 rings (SSSR count). The summed E-state index contributed by atoms with van der Waals surface area (Å²) in [7, 11) is -2.14. The summed E-state index contributed by atoms with van der Waals surface area (Å²) in [6.45, 7) is 1.85. The number of rotatable bonds is 10. The summed E-state index contributed by atoms with van der Waals surface area (Å²) in [5.41, 5.74) is 1.08. The Morgan fingerprint density at radius 2 is 1.81 bits per heavy atom. The lowest BCUT2D eigenvalue weighted by Gasteiger charge is -2.29. The van der Waals surface area contributed by atoms with Gasteiger partial charge in [-0.1, -0.05) is 23.7 Å². The fourth-order valence-electron chi connectivity index (χ4n) is 3.23. The maximum Gasteiger partial charge on any atom is 0.242 e. The maximum atomic E-state index is 13.2. The van der Waals surface area contributed by atoms with Gasteiger partial charge in [-0.3, -0.25) is 13.9 Å². The number of halogens is 2. The van der Waals surface area contributed by atoms with Crippen molar-refractivity contribution < 1.29 is 22.4 Å². The normalized spacial score (nSPS) is 12.2. The van der Waals surface area contributed by atoms with Gasteiger partial charge < -0.3 is 10.2 Å². The number of amides is 2. The summed E-state index contributed by atoms with van der Waals surface area (Å²) >= 11 is 6.04. The molecular weight excluding hydrogens is 457 g/mol. The van der Waals surface area contributed by atoms with Gasteiger partial charge in [-0.05, 0) is 55.3 Å². The molecule has 0 fully saturated rings. The highest BCUT2D eigenvalue weighted by Gasteiger charge is 2.26. The van der Waals surface area contributed by atoms with E-state index in [0.29, 0.717) is 10.7 Å². The Hall–Kier alpha value is -2.65. The largest absolute Gasteiger partial charge is 0.357 e. The molecule has 0 heterocycles. The first-order chi connectivity index (χ1) is 15.0. The predicted molar refractivity (Wildman–Crippen MR) is 123 cm³/mol. The molecule has 10 heteroatoms. The number of nitrogens with zero attached hydrogens (tertiary/aromatic N) is 2. The van der Waals surface area contributed by atoms with Crippen LogP contribution in [0.3, 0.4) is 0 Å². The van der Waals surface area contributed by atoms with Gasteiger partial charge in [0.15, 0.2) is 0 Å². The van der Waals surface area contributed by atoms with Crippen LogP contribution in [0.5, 0.6) is 0 Å². The first-order valence-corrected chi connectivity index (χ1v) is 12.2. The van der Waals surface area contributed by atoms with Crippen molar-refractivity contribution in [1.82, 2.24) is 10.2 Å². The molecule has 0 aromatic heterocycles. The van der Waals surface area contributed by atoms with Gasteiger partial charge in [-0.25, -0.2) is 12.8 Å². The zero-order chi connectivity index (χ0) is 23.9. The standard InChI is InChI=1S/C22H27ClFN3O4S/c1-16(22(29)25-2)26(15-17-6-4-7-18(23)14-17)21(28)8-5-13-27(32(3,30)31)20-11-9-19(24)10-12-20/h4,6-7,9-12,14,16H,5,8,13,15H2,1-3H3,(H,25,29)/t16-/m1/s1. The van der Waals surface area contributed by atoms with E-state index in [1.54, 1.807) is 25.1 Å². The molecule has 0 unspecified atom stereocenters. The Labute approximate surface area is 193 Å². The van der Waals surface area contributed by atoms with E-state index in [1.807, 2.05) is 6.07 Å². The minimum absolute atomic E-state index is 0.0229. The molecule has 174 valence electrons. The third-order valence-electron chi connectivity index (χ3n) is 4.92. The van der Waals surface area contributed by atoms with Crippen LogP contribution in [0.2, 0.25) is 5.02 Å². The predicted octanol–water partition coefficient (Wildman–Crippen LogP) is 3.19. The quantitative estimate of drug-likeness (QED) is 0.562. The Balaban J connectivity index is 2.13. The first kappa shape index (κ1) is 25.6. The molecule has 2 amide bonds. The van der Waals surface area contributed by atoms with E-state index in [0.717, 1.165) is 16.1 Å². The van der Waals surface area contributed by atoms with Crippen molar-refractivity contribution in [2.24, 2.45) is 0 Å². The van der Waals surface area contributed by atoms with Gasteiger partial charge in [0.05, 0.1) is 11.9 Å². The summed E-state index contributed by atoms with van der Waals surface area (Å²) in [4.78, 5) is 26.6. The van der Waals surface area contributed by atoms with Crippen LogP contribution in [0.4, 0.5) is 10.1 Å². The Morgan fingerprint density at radius 3 is 2.38 bits per heavy atom. The molecule has 2 aromatic carbocycles. The fraction of sp³-hybridized carbons (Fsp3) is 0.364. The third-order valence-corrected chi connectivity index (χ3v) is 6.35. The number of hydrogen-bond donors (Lipinski definition) is 1. The topological polar surface area (TPSA) is 86.8 Å². The van der Waals surface area contributed by atoms with E-state index in [-0.39, 0.29) is 37.7 Å². The molecule has 0 aliphatic carbocycles. The number of sulfonamides is 1. The smallest absolute Gasteiger partial charge is 0.242 e. The van der Waals surface area contributed by atoms with Crippen LogP contribution in [0.25, 0.3) is 0 Å². The van der Waals surface area contributed by atoms with Crippen molar-refractivity contribution >= 4 is 39.1 Å². The summed E-state index contributed by atoms with van der Waals surface area (Å²) in [5.74, 6) is -1.09. The maximum absolute atomic E-state index is 13.2. The number of carbonyl (C=O) groups is 2. The van der Waals surface area contributed by atoms with Crippen LogP contribution in [-0.4, -0.2) is 51.0 Å². The summed E-state index contributed by atoms with van der Waals surface area (Å²) < 4.78 is 38.8. The molecule has 1 N–H and O–H groups in total. The average molecular weight is 484 g/mol. The van der Waals surface area contributed by atoms with E-state index in [4.69, 9.17) is 11.6 Å². The number of likely N-dealkylation sites (N-methyl/N-ethyl adjacent to an activating group) is 1. The van der Waals surface area contributed by atoms with Gasteiger partial charge in [0, 0.05) is 31.6 Å². The monoisotopic (exact) mass is 483 g/mol. The number of anilines is 1. The lowest BCUT2D eigenvalue weighted by atomic mass is 10.1. The van der Waals surface area contributed by atoms with Gasteiger partial charge in [-0.2, -0.15) is 0 Å². The van der Waals surface area contributed by atoms with Gasteiger partial charge in [0.2, 0.25) is 21.8 Å². The minimum Gasteiger partial charge on any atom is -0.357 e. The third kappa shape index (κ3) is 7.20. The second kappa shape index (κ2) is 11.3. The minimum atomic E-state index is -3.63. The molecule has 1 atom stereocenters. The van der Waals surface area contributed by atoms with Crippen molar-refractivity contribution in [1.29, 1.82) is 0 Å². The summed E-state index contributed by atoms with van der Waals surface area (Å²) in [6, 6.07) is 11.4. The molecule has 2 aromatic rings. The molecule has 32 heavy (non-hydrogen) atoms. The van der Waals surface area contributed by atoms with Crippen molar-refractivity contribution in [3.05, 3.63) is 64.9 Å². The number of nitrogens with one attached hydrogen (secondary N) is 1. The lowest BCUT2D eigenvalue weighted by molar-refractivity contribution is -0.140. The molecule has 0 saturated heterocycles. The van der Waals surface area contributed by atoms with E-state index in [9.17, 15) is 22.4 Å². The molecule has 0 bridgehead atoms. The van der Waals surface area contributed by atoms with Crippen LogP contribution in [-0.2, 0) is 26.2 Å². The van der Waals surface area contributed by atoms with E-state index < -0.39 is 21.9 Å². The summed E-state index contributed by atoms with van der Waals surface area (Å²) in [6.07, 6.45) is 1.29. The molecule has 0 aliphatic heterocycles. The first-order valence-electron chi connectivity index (χ1n) is 10.0. The van der Waals surface area contributed by atoms with Crippen LogP contribution < -0.4 is 9.62 Å². The molecule has 0 saturated carbocycles. The Kier molecular flexibility index (Phi) is 9.03. The van der Waals surface area contributed by atoms with Gasteiger partial charge in [0.1, 0.15) is 11.9 Å². The van der Waals surface area contributed by atoms with E-state index in [2.05, 4.69) is 5.32 Å². The van der Waals surface area contributed by atoms with Gasteiger partial charge >= 0.3 is 0 Å². The van der Waals surface area contributed by atoms with Crippen molar-refractivity contribution in [3.8, 4) is 0 Å². The number of carbonyl (C=O) groups excluding carboxylic acids is 2. The highest BCUT2D eigenvalue weighted by molar-refractivity contribution is 7.92. The Morgan fingerprint density at radius 1 is 1.16 bits per heavy atom. The van der Waals surface area contributed by atoms with Crippen LogP contribution in [0, 0.1) is 5.82 Å². The molecule has 0 aliphatic rings. The molecule has 7 nitrogen and oxygen atoms in total. The van der Waals surface area contributed by atoms with Crippen molar-refractivity contribution in [3.63, 3.8) is 0 Å². The molecular formula is C22H27ClFN3O4S. The van der Waals surface area contributed by atoms with Crippen LogP contribution in [0.15, 0.2) is 48.5 Å². The van der Waals surface area contributed by atoms with E-state index >= 15 is 0 Å². The highest BCUT2D eigenvalue weighted by Crippen LogP contribution is 2.20. The van der Waals surface area contributed by atoms with Gasteiger partial charge in [-0.15, -0.1) is 0 Å². The van der Waals surface area contributed by atoms with Crippen LogP contribution in [0.1, 0.15) is 25.3 Å². The zero-order valence-electron chi connectivity index (χ0n) is 18.2. The average Bonchev–Trinajstić information content (AvgIpc) is 2.74. The zero-order valence-corrected chi connectivity index (χ0v) is 19.8. The van der Waals surface area contributed by atoms with Crippen LogP contribution >= 0.6 is 11.6 Å². The van der Waals surface area contributed by atoms with Crippen molar-refractivity contribution in [2.75, 3.05) is 24.2 Å². The molecule has 0 radical (unpaired) electrons. The Bertz CT molecular complexity index is 1050. The SMILES string of the molecule is CNC(=O)[C@@H](C)N(Cc1cccc(Cl)c1)C(=O)CCCN(c1ccc(F)cc1)S(C)(=O)=O. The molecule has 0 spiro atoms. The van der Waals surface area contributed by atoms with E-state index in [1.165, 1.54) is 36.2 Å².